The molecule has 1 amide bonds. The number of H-pyrrole nitrogens is 1. The number of carbonyl (C=O) groups excluding carboxylic acids is 1. The van der Waals surface area contributed by atoms with E-state index >= 15 is 0 Å². The highest BCUT2D eigenvalue weighted by atomic mass is 16.5. The van der Waals surface area contributed by atoms with Crippen molar-refractivity contribution in [3.05, 3.63) is 35.0 Å². The van der Waals surface area contributed by atoms with Crippen molar-refractivity contribution < 1.29 is 9.53 Å². The van der Waals surface area contributed by atoms with Crippen molar-refractivity contribution in [2.24, 2.45) is 0 Å². The first-order valence-electron chi connectivity index (χ1n) is 8.70. The average molecular weight is 312 g/mol. The second-order valence-electron chi connectivity index (χ2n) is 7.03. The Morgan fingerprint density at radius 2 is 2.17 bits per heavy atom. The zero-order chi connectivity index (χ0) is 15.9. The number of nitrogens with one attached hydrogen (secondary N) is 2. The molecular weight excluding hydrogens is 288 g/mol. The SMILES string of the molecule is C[C@]1(C(=O)NCc2ccc3[nH]c4c(c3c2)CCCC4)CCCO1. The van der Waals surface area contributed by atoms with Crippen molar-refractivity contribution in [1.82, 2.24) is 10.3 Å². The maximum absolute atomic E-state index is 12.3. The summed E-state index contributed by atoms with van der Waals surface area (Å²) >= 11 is 0. The normalized spacial score (nSPS) is 23.9. The Kier molecular flexibility index (Phi) is 3.64. The molecule has 0 spiro atoms. The van der Waals surface area contributed by atoms with E-state index in [-0.39, 0.29) is 5.91 Å². The van der Waals surface area contributed by atoms with Crippen molar-refractivity contribution in [3.8, 4) is 0 Å². The summed E-state index contributed by atoms with van der Waals surface area (Å²) in [5.41, 5.74) is 4.61. The quantitative estimate of drug-likeness (QED) is 0.914. The summed E-state index contributed by atoms with van der Waals surface area (Å²) in [6.07, 6.45) is 6.65. The lowest BCUT2D eigenvalue weighted by molar-refractivity contribution is -0.139. The van der Waals surface area contributed by atoms with Crippen LogP contribution >= 0.6 is 0 Å². The second-order valence-corrected chi connectivity index (χ2v) is 7.03. The average Bonchev–Trinajstić information content (AvgIpc) is 3.17. The fraction of sp³-hybridized carbons (Fsp3) is 0.526. The van der Waals surface area contributed by atoms with Gasteiger partial charge in [-0.2, -0.15) is 0 Å². The molecule has 1 fully saturated rings. The van der Waals surface area contributed by atoms with Crippen LogP contribution in [0.5, 0.6) is 0 Å². The number of aryl methyl sites for hydroxylation is 2. The minimum Gasteiger partial charge on any atom is -0.365 e. The van der Waals surface area contributed by atoms with Gasteiger partial charge in [-0.1, -0.05) is 6.07 Å². The molecule has 0 unspecified atom stereocenters. The molecule has 1 saturated heterocycles. The van der Waals surface area contributed by atoms with E-state index in [9.17, 15) is 4.79 Å². The van der Waals surface area contributed by atoms with E-state index in [0.29, 0.717) is 13.2 Å². The Bertz CT molecular complexity index is 741. The van der Waals surface area contributed by atoms with E-state index in [1.807, 2.05) is 6.92 Å². The number of aromatic nitrogens is 1. The van der Waals surface area contributed by atoms with Crippen molar-refractivity contribution in [2.75, 3.05) is 6.61 Å². The van der Waals surface area contributed by atoms with Gasteiger partial charge in [0.05, 0.1) is 0 Å². The zero-order valence-corrected chi connectivity index (χ0v) is 13.7. The molecular formula is C19H24N2O2. The van der Waals surface area contributed by atoms with Crippen molar-refractivity contribution in [3.63, 3.8) is 0 Å². The zero-order valence-electron chi connectivity index (χ0n) is 13.7. The highest BCUT2D eigenvalue weighted by Gasteiger charge is 2.37. The summed E-state index contributed by atoms with van der Waals surface area (Å²) in [5.74, 6) is 0.00574. The van der Waals surface area contributed by atoms with Gasteiger partial charge in [-0.05, 0) is 68.7 Å². The molecule has 2 N–H and O–H groups in total. The summed E-state index contributed by atoms with van der Waals surface area (Å²) in [7, 11) is 0. The smallest absolute Gasteiger partial charge is 0.252 e. The predicted octanol–water partition coefficient (Wildman–Crippen LogP) is 3.23. The second kappa shape index (κ2) is 5.68. The molecule has 122 valence electrons. The molecule has 1 aromatic heterocycles. The van der Waals surface area contributed by atoms with Gasteiger partial charge >= 0.3 is 0 Å². The maximum Gasteiger partial charge on any atom is 0.252 e. The monoisotopic (exact) mass is 312 g/mol. The Balaban J connectivity index is 1.52. The molecule has 1 aliphatic heterocycles. The van der Waals surface area contributed by atoms with Gasteiger partial charge in [-0.25, -0.2) is 0 Å². The highest BCUT2D eigenvalue weighted by Crippen LogP contribution is 2.30. The Morgan fingerprint density at radius 3 is 3.00 bits per heavy atom. The number of hydrogen-bond donors (Lipinski definition) is 2. The lowest BCUT2D eigenvalue weighted by atomic mass is 9.95. The van der Waals surface area contributed by atoms with Crippen LogP contribution in [0, 0.1) is 0 Å². The Labute approximate surface area is 136 Å². The van der Waals surface area contributed by atoms with E-state index < -0.39 is 5.60 Å². The number of ether oxygens (including phenoxy) is 1. The van der Waals surface area contributed by atoms with E-state index in [1.165, 1.54) is 35.0 Å². The molecule has 1 aromatic carbocycles. The molecule has 2 aromatic rings. The number of rotatable bonds is 3. The highest BCUT2D eigenvalue weighted by molar-refractivity contribution is 5.87. The summed E-state index contributed by atoms with van der Waals surface area (Å²) in [5, 5.41) is 4.37. The van der Waals surface area contributed by atoms with Gasteiger partial charge < -0.3 is 15.0 Å². The van der Waals surface area contributed by atoms with Gasteiger partial charge in [0.15, 0.2) is 0 Å². The molecule has 4 heteroatoms. The van der Waals surface area contributed by atoms with Crippen LogP contribution in [0.3, 0.4) is 0 Å². The van der Waals surface area contributed by atoms with Gasteiger partial charge in [0.25, 0.3) is 5.91 Å². The number of amides is 1. The number of fused-ring (bicyclic) bond motifs is 3. The topological polar surface area (TPSA) is 54.1 Å². The predicted molar refractivity (Wildman–Crippen MR) is 90.4 cm³/mol. The third kappa shape index (κ3) is 2.65. The van der Waals surface area contributed by atoms with Crippen LogP contribution in [0.25, 0.3) is 10.9 Å². The molecule has 0 radical (unpaired) electrons. The van der Waals surface area contributed by atoms with Gasteiger partial charge in [-0.3, -0.25) is 4.79 Å². The van der Waals surface area contributed by atoms with E-state index in [4.69, 9.17) is 4.74 Å². The van der Waals surface area contributed by atoms with Crippen LogP contribution in [0.1, 0.15) is 49.4 Å². The molecule has 4 rings (SSSR count). The van der Waals surface area contributed by atoms with Crippen molar-refractivity contribution >= 4 is 16.8 Å². The first-order chi connectivity index (χ1) is 11.2. The van der Waals surface area contributed by atoms with Gasteiger partial charge in [0.2, 0.25) is 0 Å². The van der Waals surface area contributed by atoms with Gasteiger partial charge in [0.1, 0.15) is 5.60 Å². The molecule has 0 bridgehead atoms. The molecule has 1 atom stereocenters. The Morgan fingerprint density at radius 1 is 1.30 bits per heavy atom. The van der Waals surface area contributed by atoms with Crippen LogP contribution in [0.4, 0.5) is 0 Å². The largest absolute Gasteiger partial charge is 0.365 e. The minimum absolute atomic E-state index is 0.00574. The minimum atomic E-state index is -0.642. The summed E-state index contributed by atoms with van der Waals surface area (Å²) in [6, 6.07) is 6.47. The summed E-state index contributed by atoms with van der Waals surface area (Å²) in [6.45, 7) is 3.14. The maximum atomic E-state index is 12.3. The molecule has 0 saturated carbocycles. The fourth-order valence-electron chi connectivity index (χ4n) is 3.89. The Hall–Kier alpha value is -1.81. The van der Waals surface area contributed by atoms with Crippen molar-refractivity contribution in [1.29, 1.82) is 0 Å². The fourth-order valence-corrected chi connectivity index (χ4v) is 3.89. The van der Waals surface area contributed by atoms with Crippen LogP contribution in [0.2, 0.25) is 0 Å². The molecule has 4 nitrogen and oxygen atoms in total. The lowest BCUT2D eigenvalue weighted by Crippen LogP contribution is -2.43. The number of hydrogen-bond acceptors (Lipinski definition) is 2. The van der Waals surface area contributed by atoms with Crippen LogP contribution in [0.15, 0.2) is 18.2 Å². The van der Waals surface area contributed by atoms with Crippen LogP contribution in [-0.2, 0) is 28.9 Å². The third-order valence-corrected chi connectivity index (χ3v) is 5.31. The standard InChI is InChI=1S/C19H24N2O2/c1-19(9-4-10-23-19)18(22)20-12-13-7-8-17-15(11-13)14-5-2-3-6-16(14)21-17/h7-8,11,21H,2-6,9-10,12H2,1H3,(H,20,22)/t19-/m1/s1. The number of carbonyl (C=O) groups is 1. The number of aromatic amines is 1. The summed E-state index contributed by atoms with van der Waals surface area (Å²) in [4.78, 5) is 15.9. The summed E-state index contributed by atoms with van der Waals surface area (Å²) < 4.78 is 5.61. The molecule has 1 aliphatic carbocycles. The van der Waals surface area contributed by atoms with Gasteiger partial charge in [-0.15, -0.1) is 0 Å². The number of benzene rings is 1. The van der Waals surface area contributed by atoms with E-state index in [1.54, 1.807) is 0 Å². The van der Waals surface area contributed by atoms with E-state index in [0.717, 1.165) is 31.2 Å². The van der Waals surface area contributed by atoms with Crippen molar-refractivity contribution in [2.45, 2.75) is 57.6 Å². The first-order valence-corrected chi connectivity index (χ1v) is 8.70. The molecule has 2 aliphatic rings. The lowest BCUT2D eigenvalue weighted by Gasteiger charge is -2.21. The van der Waals surface area contributed by atoms with E-state index in [2.05, 4.69) is 28.5 Å². The van der Waals surface area contributed by atoms with Gasteiger partial charge in [0, 0.05) is 29.7 Å². The first kappa shape index (κ1) is 14.8. The van der Waals surface area contributed by atoms with Crippen LogP contribution < -0.4 is 5.32 Å². The molecule has 23 heavy (non-hydrogen) atoms. The molecule has 2 heterocycles. The third-order valence-electron chi connectivity index (χ3n) is 5.31. The van der Waals surface area contributed by atoms with Crippen LogP contribution in [-0.4, -0.2) is 23.1 Å².